The molecule has 3 aromatic rings. The van der Waals surface area contributed by atoms with Gasteiger partial charge in [0.05, 0.1) is 12.6 Å². The SMILES string of the molecule is CC(C)(C)OC(=O)N[C@H](CO)C(=O)N[C@H](COc1ccc(/C=C/C(=O)NO)cc1)Cc1c[nH]c2ccccc12. The molecule has 0 radical (unpaired) electrons. The number of aliphatic hydroxyl groups excluding tert-OH is 1. The third-order valence-corrected chi connectivity index (χ3v) is 5.55. The van der Waals surface area contributed by atoms with Crippen molar-refractivity contribution in [3.05, 3.63) is 71.9 Å². The molecule has 0 saturated heterocycles. The fourth-order valence-electron chi connectivity index (χ4n) is 3.74. The van der Waals surface area contributed by atoms with E-state index in [-0.39, 0.29) is 6.61 Å². The van der Waals surface area contributed by atoms with Crippen molar-refractivity contribution in [3.8, 4) is 5.75 Å². The van der Waals surface area contributed by atoms with Crippen molar-refractivity contribution < 1.29 is 34.2 Å². The number of aromatic nitrogens is 1. The molecule has 2 atom stereocenters. The summed E-state index contributed by atoms with van der Waals surface area (Å²) in [6.45, 7) is 4.57. The number of aromatic amines is 1. The highest BCUT2D eigenvalue weighted by Gasteiger charge is 2.26. The van der Waals surface area contributed by atoms with Crippen LogP contribution in [0.15, 0.2) is 60.8 Å². The van der Waals surface area contributed by atoms with E-state index in [4.69, 9.17) is 14.7 Å². The van der Waals surface area contributed by atoms with E-state index in [1.54, 1.807) is 45.0 Å². The molecule has 11 nitrogen and oxygen atoms in total. The number of amides is 3. The van der Waals surface area contributed by atoms with Crippen LogP contribution in [0.1, 0.15) is 31.9 Å². The fourth-order valence-corrected chi connectivity index (χ4v) is 3.74. The molecule has 0 unspecified atom stereocenters. The third-order valence-electron chi connectivity index (χ3n) is 5.55. The Balaban J connectivity index is 1.72. The number of carbonyl (C=O) groups is 3. The molecule has 1 aromatic heterocycles. The van der Waals surface area contributed by atoms with Crippen LogP contribution in [0.4, 0.5) is 4.79 Å². The predicted molar refractivity (Wildman–Crippen MR) is 145 cm³/mol. The molecular weight excluding hydrogens is 504 g/mol. The van der Waals surface area contributed by atoms with Gasteiger partial charge in [-0.15, -0.1) is 0 Å². The topological polar surface area (TPSA) is 162 Å². The van der Waals surface area contributed by atoms with Crippen molar-refractivity contribution in [1.82, 2.24) is 21.1 Å². The van der Waals surface area contributed by atoms with Gasteiger partial charge in [-0.3, -0.25) is 14.8 Å². The maximum absolute atomic E-state index is 13.0. The Morgan fingerprint density at radius 3 is 2.44 bits per heavy atom. The first kappa shape index (κ1) is 29.2. The number of benzene rings is 2. The molecule has 6 N–H and O–H groups in total. The van der Waals surface area contributed by atoms with Gasteiger partial charge in [0, 0.05) is 23.2 Å². The lowest BCUT2D eigenvalue weighted by Gasteiger charge is -2.25. The highest BCUT2D eigenvalue weighted by molar-refractivity contribution is 5.90. The number of hydrogen-bond donors (Lipinski definition) is 6. The van der Waals surface area contributed by atoms with Crippen molar-refractivity contribution in [1.29, 1.82) is 0 Å². The van der Waals surface area contributed by atoms with Crippen molar-refractivity contribution >= 4 is 34.9 Å². The minimum Gasteiger partial charge on any atom is -0.491 e. The van der Waals surface area contributed by atoms with Gasteiger partial charge in [0.2, 0.25) is 5.91 Å². The lowest BCUT2D eigenvalue weighted by atomic mass is 10.0. The van der Waals surface area contributed by atoms with Crippen LogP contribution in [0.25, 0.3) is 17.0 Å². The van der Waals surface area contributed by atoms with Crippen LogP contribution < -0.4 is 20.9 Å². The number of fused-ring (bicyclic) bond motifs is 1. The van der Waals surface area contributed by atoms with E-state index in [0.29, 0.717) is 17.7 Å². The molecule has 3 amide bonds. The molecule has 3 rings (SSSR count). The van der Waals surface area contributed by atoms with Crippen LogP contribution in [0.3, 0.4) is 0 Å². The summed E-state index contributed by atoms with van der Waals surface area (Å²) in [6, 6.07) is 12.9. The van der Waals surface area contributed by atoms with Gasteiger partial charge >= 0.3 is 6.09 Å². The molecule has 11 heteroatoms. The normalized spacial score (nSPS) is 13.1. The highest BCUT2D eigenvalue weighted by atomic mass is 16.6. The Morgan fingerprint density at radius 1 is 1.05 bits per heavy atom. The number of nitrogens with one attached hydrogen (secondary N) is 4. The summed E-state index contributed by atoms with van der Waals surface area (Å²) in [5.41, 5.74) is 3.39. The smallest absolute Gasteiger partial charge is 0.408 e. The van der Waals surface area contributed by atoms with Gasteiger partial charge in [-0.1, -0.05) is 30.3 Å². The molecule has 0 aliphatic rings. The third kappa shape index (κ3) is 9.16. The average Bonchev–Trinajstić information content (AvgIpc) is 3.31. The highest BCUT2D eigenvalue weighted by Crippen LogP contribution is 2.20. The second kappa shape index (κ2) is 13.4. The summed E-state index contributed by atoms with van der Waals surface area (Å²) in [5, 5.41) is 24.6. The molecule has 2 aromatic carbocycles. The van der Waals surface area contributed by atoms with E-state index in [1.165, 1.54) is 17.6 Å². The van der Waals surface area contributed by atoms with Crippen LogP contribution in [0, 0.1) is 0 Å². The van der Waals surface area contributed by atoms with Gasteiger partial charge in [0.1, 0.15) is 24.0 Å². The summed E-state index contributed by atoms with van der Waals surface area (Å²) in [5.74, 6) is -0.699. The van der Waals surface area contributed by atoms with Crippen LogP contribution in [0.5, 0.6) is 5.75 Å². The molecule has 39 heavy (non-hydrogen) atoms. The molecular formula is C28H34N4O7. The summed E-state index contributed by atoms with van der Waals surface area (Å²) >= 11 is 0. The maximum atomic E-state index is 13.0. The van der Waals surface area contributed by atoms with Crippen LogP contribution in [-0.4, -0.2) is 64.1 Å². The number of hydroxylamine groups is 1. The Morgan fingerprint density at radius 2 is 1.77 bits per heavy atom. The largest absolute Gasteiger partial charge is 0.491 e. The summed E-state index contributed by atoms with van der Waals surface area (Å²) in [4.78, 5) is 39.6. The predicted octanol–water partition coefficient (Wildman–Crippen LogP) is 2.68. The van der Waals surface area contributed by atoms with Crippen molar-refractivity contribution in [2.24, 2.45) is 0 Å². The molecule has 0 fully saturated rings. The van der Waals surface area contributed by atoms with E-state index >= 15 is 0 Å². The number of carbonyl (C=O) groups excluding carboxylic acids is 3. The lowest BCUT2D eigenvalue weighted by Crippen LogP contribution is -2.53. The van der Waals surface area contributed by atoms with Crippen LogP contribution >= 0.6 is 0 Å². The number of rotatable bonds is 11. The Bertz CT molecular complexity index is 1300. The Labute approximate surface area is 226 Å². The van der Waals surface area contributed by atoms with Crippen LogP contribution in [-0.2, 0) is 20.7 Å². The maximum Gasteiger partial charge on any atom is 0.408 e. The van der Waals surface area contributed by atoms with E-state index in [9.17, 15) is 19.5 Å². The number of H-pyrrole nitrogens is 1. The summed E-state index contributed by atoms with van der Waals surface area (Å²) in [6.07, 6.45) is 4.19. The molecule has 0 saturated carbocycles. The second-order valence-electron chi connectivity index (χ2n) is 9.84. The molecule has 0 aliphatic carbocycles. The number of hydrogen-bond acceptors (Lipinski definition) is 7. The number of para-hydroxylation sites is 1. The fraction of sp³-hybridized carbons (Fsp3) is 0.321. The zero-order valence-corrected chi connectivity index (χ0v) is 22.1. The first-order chi connectivity index (χ1) is 18.6. The zero-order valence-electron chi connectivity index (χ0n) is 22.1. The van der Waals surface area contributed by atoms with Crippen molar-refractivity contribution in [3.63, 3.8) is 0 Å². The molecule has 0 bridgehead atoms. The zero-order chi connectivity index (χ0) is 28.4. The minimum atomic E-state index is -1.22. The number of ether oxygens (including phenoxy) is 2. The van der Waals surface area contributed by atoms with Gasteiger partial charge in [-0.25, -0.2) is 10.3 Å². The van der Waals surface area contributed by atoms with E-state index in [1.807, 2.05) is 30.5 Å². The summed E-state index contributed by atoms with van der Waals surface area (Å²) < 4.78 is 11.2. The van der Waals surface area contributed by atoms with Crippen molar-refractivity contribution in [2.75, 3.05) is 13.2 Å². The average molecular weight is 539 g/mol. The van der Waals surface area contributed by atoms with Gasteiger partial charge in [-0.2, -0.15) is 0 Å². The number of aliphatic hydroxyl groups is 1. The first-order valence-corrected chi connectivity index (χ1v) is 12.4. The van der Waals surface area contributed by atoms with E-state index < -0.39 is 42.2 Å². The van der Waals surface area contributed by atoms with Crippen LogP contribution in [0.2, 0.25) is 0 Å². The standard InChI is InChI=1S/C28H34N4O7/c1-28(2,3)39-27(36)31-24(16-33)26(35)30-20(14-19-15-29-23-7-5-4-6-22(19)23)17-38-21-11-8-18(9-12-21)10-13-25(34)32-37/h4-13,15,20,24,29,33,37H,14,16-17H2,1-3H3,(H,30,35)(H,31,36)(H,32,34)/b13-10+/t20-,24+/m0/s1. The van der Waals surface area contributed by atoms with Gasteiger partial charge in [-0.05, 0) is 62.6 Å². The first-order valence-electron chi connectivity index (χ1n) is 12.4. The minimum absolute atomic E-state index is 0.0952. The molecule has 0 aliphatic heterocycles. The lowest BCUT2D eigenvalue weighted by molar-refractivity contribution is -0.125. The quantitative estimate of drug-likeness (QED) is 0.124. The number of alkyl carbamates (subject to hydrolysis) is 1. The summed E-state index contributed by atoms with van der Waals surface area (Å²) in [7, 11) is 0. The Hall–Kier alpha value is -4.35. The van der Waals surface area contributed by atoms with Gasteiger partial charge in [0.15, 0.2) is 0 Å². The van der Waals surface area contributed by atoms with E-state index in [2.05, 4.69) is 15.6 Å². The monoisotopic (exact) mass is 538 g/mol. The molecule has 1 heterocycles. The van der Waals surface area contributed by atoms with Gasteiger partial charge < -0.3 is 30.2 Å². The van der Waals surface area contributed by atoms with Gasteiger partial charge in [0.25, 0.3) is 5.91 Å². The Kier molecular flexibility index (Phi) is 10.1. The second-order valence-corrected chi connectivity index (χ2v) is 9.84. The molecule has 208 valence electrons. The molecule has 0 spiro atoms. The van der Waals surface area contributed by atoms with E-state index in [0.717, 1.165) is 16.5 Å². The van der Waals surface area contributed by atoms with Crippen molar-refractivity contribution in [2.45, 2.75) is 44.9 Å².